The zero-order valence-corrected chi connectivity index (χ0v) is 10.8. The largest absolute Gasteiger partial charge is 0.467 e. The molecule has 1 rings (SSSR count). The topological polar surface area (TPSA) is 55.8 Å². The van der Waals surface area contributed by atoms with Crippen molar-refractivity contribution in [3.8, 4) is 0 Å². The van der Waals surface area contributed by atoms with E-state index in [2.05, 4.69) is 9.47 Å². The van der Waals surface area contributed by atoms with E-state index in [9.17, 15) is 9.59 Å². The Morgan fingerprint density at radius 1 is 1.11 bits per heavy atom. The van der Waals surface area contributed by atoms with Gasteiger partial charge in [-0.15, -0.1) is 0 Å². The van der Waals surface area contributed by atoms with E-state index >= 15 is 0 Å². The lowest BCUT2D eigenvalue weighted by Gasteiger charge is -2.23. The number of hydrogen-bond donors (Lipinski definition) is 0. The minimum Gasteiger partial charge on any atom is -0.467 e. The van der Waals surface area contributed by atoms with Gasteiger partial charge in [0.1, 0.15) is 0 Å². The second kappa shape index (κ2) is 6.76. The first-order valence-electron chi connectivity index (χ1n) is 5.50. The number of benzene rings is 1. The highest BCUT2D eigenvalue weighted by Gasteiger charge is 2.32. The van der Waals surface area contributed by atoms with Gasteiger partial charge in [-0.25, -0.2) is 9.59 Å². The molecule has 0 aliphatic rings. The molecule has 0 N–H and O–H groups in total. The highest BCUT2D eigenvalue weighted by atomic mass is 16.5. The van der Waals surface area contributed by atoms with Gasteiger partial charge >= 0.3 is 11.9 Å². The van der Waals surface area contributed by atoms with Gasteiger partial charge in [0.2, 0.25) is 6.04 Å². The Kier molecular flexibility index (Phi) is 5.32. The number of hydrogen-bond acceptors (Lipinski definition) is 5. The molecule has 0 fully saturated rings. The van der Waals surface area contributed by atoms with Crippen molar-refractivity contribution in [1.82, 2.24) is 4.90 Å². The predicted molar refractivity (Wildman–Crippen MR) is 65.7 cm³/mol. The summed E-state index contributed by atoms with van der Waals surface area (Å²) < 4.78 is 9.23. The van der Waals surface area contributed by atoms with Crippen LogP contribution in [0.1, 0.15) is 5.56 Å². The fraction of sp³-hybridized carbons (Fsp3) is 0.385. The van der Waals surface area contributed by atoms with E-state index < -0.39 is 18.0 Å². The number of esters is 2. The van der Waals surface area contributed by atoms with Crippen molar-refractivity contribution >= 4 is 11.9 Å². The maximum atomic E-state index is 11.6. The van der Waals surface area contributed by atoms with Crippen LogP contribution in [0.15, 0.2) is 30.3 Å². The van der Waals surface area contributed by atoms with E-state index in [0.717, 1.165) is 5.56 Å². The van der Waals surface area contributed by atoms with Crippen LogP contribution in [0.2, 0.25) is 0 Å². The third kappa shape index (κ3) is 3.56. The summed E-state index contributed by atoms with van der Waals surface area (Å²) >= 11 is 0. The second-order valence-electron chi connectivity index (χ2n) is 3.85. The lowest BCUT2D eigenvalue weighted by atomic mass is 10.2. The smallest absolute Gasteiger partial charge is 0.334 e. The molecule has 0 aliphatic carbocycles. The van der Waals surface area contributed by atoms with E-state index in [1.165, 1.54) is 14.2 Å². The Labute approximate surface area is 106 Å². The van der Waals surface area contributed by atoms with Crippen molar-refractivity contribution < 1.29 is 19.1 Å². The fourth-order valence-electron chi connectivity index (χ4n) is 1.64. The lowest BCUT2D eigenvalue weighted by Crippen LogP contribution is -2.45. The molecule has 18 heavy (non-hydrogen) atoms. The van der Waals surface area contributed by atoms with E-state index in [1.54, 1.807) is 11.9 Å². The summed E-state index contributed by atoms with van der Waals surface area (Å²) in [6, 6.07) is 8.49. The maximum Gasteiger partial charge on any atom is 0.334 e. The van der Waals surface area contributed by atoms with Crippen LogP contribution in [-0.2, 0) is 25.6 Å². The molecule has 0 atom stereocenters. The number of likely N-dealkylation sites (N-methyl/N-ethyl adjacent to an activating group) is 1. The van der Waals surface area contributed by atoms with Gasteiger partial charge in [-0.2, -0.15) is 0 Å². The van der Waals surface area contributed by atoms with Crippen LogP contribution in [0.3, 0.4) is 0 Å². The molecule has 0 aliphatic heterocycles. The van der Waals surface area contributed by atoms with Gasteiger partial charge in [-0.05, 0) is 12.6 Å². The molecule has 0 bridgehead atoms. The molecular formula is C13H17NO4. The van der Waals surface area contributed by atoms with E-state index in [0.29, 0.717) is 6.54 Å². The monoisotopic (exact) mass is 251 g/mol. The number of methoxy groups -OCH3 is 2. The maximum absolute atomic E-state index is 11.6. The van der Waals surface area contributed by atoms with Gasteiger partial charge in [-0.1, -0.05) is 30.3 Å². The Morgan fingerprint density at radius 2 is 1.61 bits per heavy atom. The Hall–Kier alpha value is -1.88. The Morgan fingerprint density at radius 3 is 2.06 bits per heavy atom. The van der Waals surface area contributed by atoms with Crippen molar-refractivity contribution in [3.63, 3.8) is 0 Å². The third-order valence-electron chi connectivity index (χ3n) is 2.56. The summed E-state index contributed by atoms with van der Waals surface area (Å²) in [6.07, 6.45) is 0. The highest BCUT2D eigenvalue weighted by Crippen LogP contribution is 2.08. The summed E-state index contributed by atoms with van der Waals surface area (Å²) in [4.78, 5) is 24.7. The van der Waals surface area contributed by atoms with Crippen LogP contribution in [0.25, 0.3) is 0 Å². The average molecular weight is 251 g/mol. The van der Waals surface area contributed by atoms with E-state index in [-0.39, 0.29) is 0 Å². The second-order valence-corrected chi connectivity index (χ2v) is 3.85. The van der Waals surface area contributed by atoms with Gasteiger partial charge in [0.05, 0.1) is 14.2 Å². The lowest BCUT2D eigenvalue weighted by molar-refractivity contribution is -0.160. The van der Waals surface area contributed by atoms with Gasteiger partial charge in [0.15, 0.2) is 0 Å². The molecule has 0 saturated carbocycles. The zero-order chi connectivity index (χ0) is 13.5. The first-order chi connectivity index (χ1) is 8.60. The molecule has 0 saturated heterocycles. The standard InChI is InChI=1S/C13H17NO4/c1-14(9-10-7-5-4-6-8-10)11(12(15)17-2)13(16)18-3/h4-8,11H,9H2,1-3H3. The minimum atomic E-state index is -1.04. The third-order valence-corrected chi connectivity index (χ3v) is 2.56. The van der Waals surface area contributed by atoms with Crippen molar-refractivity contribution in [3.05, 3.63) is 35.9 Å². The SMILES string of the molecule is COC(=O)C(C(=O)OC)N(C)Cc1ccccc1. The van der Waals surface area contributed by atoms with Crippen LogP contribution in [-0.4, -0.2) is 44.1 Å². The normalized spacial score (nSPS) is 10.5. The molecule has 1 aromatic rings. The molecular weight excluding hydrogens is 234 g/mol. The number of carbonyl (C=O) groups is 2. The van der Waals surface area contributed by atoms with Gasteiger partial charge < -0.3 is 9.47 Å². The number of carbonyl (C=O) groups excluding carboxylic acids is 2. The van der Waals surface area contributed by atoms with Crippen LogP contribution in [0.5, 0.6) is 0 Å². The quantitative estimate of drug-likeness (QED) is 0.573. The molecule has 0 spiro atoms. The molecule has 5 nitrogen and oxygen atoms in total. The summed E-state index contributed by atoms with van der Waals surface area (Å²) in [7, 11) is 4.16. The molecule has 0 amide bonds. The van der Waals surface area contributed by atoms with Crippen LogP contribution in [0, 0.1) is 0 Å². The Bertz CT molecular complexity index is 389. The van der Waals surface area contributed by atoms with Crippen molar-refractivity contribution in [2.75, 3.05) is 21.3 Å². The zero-order valence-electron chi connectivity index (χ0n) is 10.8. The van der Waals surface area contributed by atoms with Crippen molar-refractivity contribution in [2.45, 2.75) is 12.6 Å². The van der Waals surface area contributed by atoms with E-state index in [1.807, 2.05) is 30.3 Å². The summed E-state index contributed by atoms with van der Waals surface area (Å²) in [5.41, 5.74) is 0.998. The number of rotatable bonds is 5. The fourth-order valence-corrected chi connectivity index (χ4v) is 1.64. The molecule has 0 radical (unpaired) electrons. The predicted octanol–water partition coefficient (Wildman–Crippen LogP) is 0.833. The molecule has 98 valence electrons. The molecule has 5 heteroatoms. The first-order valence-corrected chi connectivity index (χ1v) is 5.50. The van der Waals surface area contributed by atoms with Crippen molar-refractivity contribution in [2.24, 2.45) is 0 Å². The minimum absolute atomic E-state index is 0.454. The van der Waals surface area contributed by atoms with Crippen LogP contribution in [0.4, 0.5) is 0 Å². The number of nitrogens with zero attached hydrogens (tertiary/aromatic N) is 1. The summed E-state index contributed by atoms with van der Waals surface area (Å²) in [6.45, 7) is 0.454. The molecule has 1 aromatic carbocycles. The van der Waals surface area contributed by atoms with E-state index in [4.69, 9.17) is 0 Å². The Balaban J connectivity index is 2.80. The highest BCUT2D eigenvalue weighted by molar-refractivity contribution is 5.99. The summed E-state index contributed by atoms with van der Waals surface area (Å²) in [5, 5.41) is 0. The molecule has 0 unspecified atom stereocenters. The van der Waals surface area contributed by atoms with Crippen molar-refractivity contribution in [1.29, 1.82) is 0 Å². The van der Waals surface area contributed by atoms with Gasteiger partial charge in [0, 0.05) is 6.54 Å². The van der Waals surface area contributed by atoms with Gasteiger partial charge in [0.25, 0.3) is 0 Å². The molecule has 0 heterocycles. The average Bonchev–Trinajstić information content (AvgIpc) is 2.39. The first kappa shape index (κ1) is 14.2. The number of ether oxygens (including phenoxy) is 2. The van der Waals surface area contributed by atoms with Crippen LogP contribution >= 0.6 is 0 Å². The van der Waals surface area contributed by atoms with Gasteiger partial charge in [-0.3, -0.25) is 4.90 Å². The molecule has 0 aromatic heterocycles. The summed E-state index contributed by atoms with van der Waals surface area (Å²) in [5.74, 6) is -1.25. The van der Waals surface area contributed by atoms with Crippen LogP contribution < -0.4 is 0 Å².